The van der Waals surface area contributed by atoms with E-state index in [0.717, 1.165) is 9.80 Å². The number of ether oxygens (including phenoxy) is 2. The van der Waals surface area contributed by atoms with E-state index in [2.05, 4.69) is 0 Å². The number of carbonyl (C=O) groups excluding carboxylic acids is 5. The van der Waals surface area contributed by atoms with Gasteiger partial charge in [-0.25, -0.2) is 33.8 Å². The summed E-state index contributed by atoms with van der Waals surface area (Å²) in [5.74, 6) is -1.46. The van der Waals surface area contributed by atoms with Gasteiger partial charge in [0.05, 0.1) is 30.3 Å². The van der Waals surface area contributed by atoms with Gasteiger partial charge in [0.15, 0.2) is 5.69 Å². The number of hydrogen-bond donors (Lipinski definition) is 2. The van der Waals surface area contributed by atoms with Gasteiger partial charge < -0.3 is 19.7 Å². The maximum absolute atomic E-state index is 13.5. The number of carbonyl (C=O) groups is 5. The molecule has 0 spiro atoms. The number of amides is 6. The van der Waals surface area contributed by atoms with Crippen LogP contribution in [0, 0.1) is 0 Å². The minimum absolute atomic E-state index is 0.0314. The largest absolute Gasteiger partial charge is 0.459 e. The molecule has 12 heteroatoms. The molecular weight excluding hydrogens is 510 g/mol. The van der Waals surface area contributed by atoms with E-state index in [1.807, 2.05) is 0 Å². The number of quaternary nitrogens is 1. The fourth-order valence-corrected chi connectivity index (χ4v) is 4.04. The van der Waals surface area contributed by atoms with Crippen molar-refractivity contribution in [3.63, 3.8) is 0 Å². The standard InChI is InChI=1S/C27H32N3O9/c1-4-21(31)16-38-23(33)18-11-13-19(14-12-18)24(34)39-17-22(32)15-29-25(35)28(3)26(36)30(5-2,27(29)37)20-9-7-6-8-10-20/h6-14,21-22,31-32H,4-5,15-17H2,1-3H3/q+1. The third-order valence-electron chi connectivity index (χ3n) is 6.39. The highest BCUT2D eigenvalue weighted by Gasteiger charge is 2.58. The molecule has 1 saturated heterocycles. The minimum Gasteiger partial charge on any atom is -0.459 e. The monoisotopic (exact) mass is 542 g/mol. The molecular formula is C27H32N3O9+. The van der Waals surface area contributed by atoms with Crippen LogP contribution in [0.25, 0.3) is 0 Å². The molecule has 0 bridgehead atoms. The number of para-hydroxylation sites is 1. The van der Waals surface area contributed by atoms with Gasteiger partial charge in [0, 0.05) is 19.2 Å². The van der Waals surface area contributed by atoms with Gasteiger partial charge in [-0.1, -0.05) is 25.1 Å². The Bertz CT molecular complexity index is 1220. The highest BCUT2D eigenvalue weighted by Crippen LogP contribution is 2.31. The lowest BCUT2D eigenvalue weighted by atomic mass is 10.1. The first-order chi connectivity index (χ1) is 18.6. The third kappa shape index (κ3) is 6.14. The van der Waals surface area contributed by atoms with Crippen LogP contribution in [0.2, 0.25) is 0 Å². The lowest BCUT2D eigenvalue weighted by Gasteiger charge is -2.41. The van der Waals surface area contributed by atoms with Gasteiger partial charge in [-0.2, -0.15) is 0 Å². The van der Waals surface area contributed by atoms with Crippen LogP contribution in [0.3, 0.4) is 0 Å². The highest BCUT2D eigenvalue weighted by molar-refractivity contribution is 6.19. The van der Waals surface area contributed by atoms with Crippen LogP contribution >= 0.6 is 0 Å². The molecule has 3 unspecified atom stereocenters. The molecule has 1 aliphatic rings. The van der Waals surface area contributed by atoms with Crippen molar-refractivity contribution >= 4 is 35.7 Å². The maximum Gasteiger partial charge on any atom is 0.441 e. The number of urea groups is 3. The average Bonchev–Trinajstić information content (AvgIpc) is 2.96. The Kier molecular flexibility index (Phi) is 9.51. The molecule has 0 radical (unpaired) electrons. The van der Waals surface area contributed by atoms with Crippen molar-refractivity contribution in [2.45, 2.75) is 32.5 Å². The van der Waals surface area contributed by atoms with E-state index in [0.29, 0.717) is 12.1 Å². The molecule has 6 amide bonds. The summed E-state index contributed by atoms with van der Waals surface area (Å²) in [6, 6.07) is 11.3. The molecule has 12 nitrogen and oxygen atoms in total. The average molecular weight is 543 g/mol. The molecule has 0 saturated carbocycles. The van der Waals surface area contributed by atoms with Crippen molar-refractivity contribution < 1.29 is 43.7 Å². The molecule has 2 aromatic rings. The number of imide groups is 3. The van der Waals surface area contributed by atoms with Crippen molar-refractivity contribution in [3.8, 4) is 0 Å². The Hall–Kier alpha value is -4.13. The summed E-state index contributed by atoms with van der Waals surface area (Å²) >= 11 is 0. The van der Waals surface area contributed by atoms with Crippen LogP contribution in [-0.4, -0.2) is 95.6 Å². The predicted molar refractivity (Wildman–Crippen MR) is 139 cm³/mol. The van der Waals surface area contributed by atoms with Crippen LogP contribution in [0.1, 0.15) is 41.0 Å². The van der Waals surface area contributed by atoms with Gasteiger partial charge >= 0.3 is 30.0 Å². The smallest absolute Gasteiger partial charge is 0.441 e. The van der Waals surface area contributed by atoms with Crippen LogP contribution in [0.15, 0.2) is 54.6 Å². The predicted octanol–water partition coefficient (Wildman–Crippen LogP) is 2.77. The first kappa shape index (κ1) is 29.4. The van der Waals surface area contributed by atoms with Crippen molar-refractivity contribution in [2.24, 2.45) is 0 Å². The van der Waals surface area contributed by atoms with E-state index in [9.17, 15) is 34.2 Å². The zero-order valence-corrected chi connectivity index (χ0v) is 22.0. The normalized spacial score (nSPS) is 19.1. The molecule has 39 heavy (non-hydrogen) atoms. The number of aliphatic hydroxyl groups is 2. The second kappa shape index (κ2) is 12.6. The van der Waals surface area contributed by atoms with Crippen molar-refractivity contribution in [2.75, 3.05) is 33.4 Å². The molecule has 2 aromatic carbocycles. The Morgan fingerprint density at radius 2 is 1.33 bits per heavy atom. The summed E-state index contributed by atoms with van der Waals surface area (Å²) in [4.78, 5) is 65.5. The lowest BCUT2D eigenvalue weighted by molar-refractivity contribution is 0.0186. The fourth-order valence-electron chi connectivity index (χ4n) is 4.04. The fraction of sp³-hybridized carbons (Fsp3) is 0.370. The van der Waals surface area contributed by atoms with Gasteiger partial charge in [0.1, 0.15) is 19.3 Å². The Balaban J connectivity index is 1.64. The van der Waals surface area contributed by atoms with Crippen molar-refractivity contribution in [3.05, 3.63) is 65.7 Å². The van der Waals surface area contributed by atoms with E-state index in [1.165, 1.54) is 31.3 Å². The molecule has 0 aromatic heterocycles. The van der Waals surface area contributed by atoms with E-state index in [4.69, 9.17) is 9.47 Å². The number of nitrogens with zero attached hydrogens (tertiary/aromatic N) is 3. The van der Waals surface area contributed by atoms with E-state index >= 15 is 0 Å². The first-order valence-corrected chi connectivity index (χ1v) is 12.4. The molecule has 2 N–H and O–H groups in total. The van der Waals surface area contributed by atoms with Crippen LogP contribution in [0.4, 0.5) is 20.1 Å². The highest BCUT2D eigenvalue weighted by atomic mass is 16.5. The minimum atomic E-state index is -1.43. The third-order valence-corrected chi connectivity index (χ3v) is 6.39. The van der Waals surface area contributed by atoms with Crippen LogP contribution < -0.4 is 4.48 Å². The number of esters is 2. The topological polar surface area (TPSA) is 151 Å². The number of β-amino-alcohol motifs (C(OH)–C–C–N with tert-alkyl or cyclic N) is 1. The van der Waals surface area contributed by atoms with Gasteiger partial charge in [-0.3, -0.25) is 0 Å². The zero-order chi connectivity index (χ0) is 28.7. The van der Waals surface area contributed by atoms with Crippen LogP contribution in [-0.2, 0) is 9.47 Å². The number of benzene rings is 2. The summed E-state index contributed by atoms with van der Waals surface area (Å²) < 4.78 is 9.35. The summed E-state index contributed by atoms with van der Waals surface area (Å²) in [5.41, 5.74) is 0.634. The quantitative estimate of drug-likeness (QED) is 0.323. The first-order valence-electron chi connectivity index (χ1n) is 12.4. The molecule has 1 heterocycles. The maximum atomic E-state index is 13.5. The molecule has 208 valence electrons. The summed E-state index contributed by atoms with van der Waals surface area (Å²) in [7, 11) is 1.26. The van der Waals surface area contributed by atoms with Gasteiger partial charge in [-0.05, 0) is 37.6 Å². The van der Waals surface area contributed by atoms with E-state index in [1.54, 1.807) is 44.2 Å². The van der Waals surface area contributed by atoms with Gasteiger partial charge in [0.25, 0.3) is 0 Å². The molecule has 1 aliphatic heterocycles. The summed E-state index contributed by atoms with van der Waals surface area (Å²) in [5, 5.41) is 20.0. The van der Waals surface area contributed by atoms with Gasteiger partial charge in [-0.15, -0.1) is 4.48 Å². The number of rotatable bonds is 11. The second-order valence-electron chi connectivity index (χ2n) is 8.97. The zero-order valence-electron chi connectivity index (χ0n) is 22.0. The van der Waals surface area contributed by atoms with E-state index in [-0.39, 0.29) is 24.3 Å². The molecule has 3 atom stereocenters. The summed E-state index contributed by atoms with van der Waals surface area (Å²) in [6.07, 6.45) is -1.76. The number of aliphatic hydroxyl groups excluding tert-OH is 2. The van der Waals surface area contributed by atoms with Crippen LogP contribution in [0.5, 0.6) is 0 Å². The van der Waals surface area contributed by atoms with E-state index < -0.39 is 59.9 Å². The lowest BCUT2D eigenvalue weighted by Crippen LogP contribution is -2.74. The van der Waals surface area contributed by atoms with Crippen molar-refractivity contribution in [1.29, 1.82) is 0 Å². The second-order valence-corrected chi connectivity index (χ2v) is 8.97. The Labute approximate surface area is 225 Å². The van der Waals surface area contributed by atoms with Gasteiger partial charge in [0.2, 0.25) is 0 Å². The molecule has 1 fully saturated rings. The molecule has 0 aliphatic carbocycles. The SMILES string of the molecule is CCC(O)COC(=O)c1ccc(C(=O)OCC(O)CN2C(=O)N(C)C(=O)[N+](CC)(c3ccccc3)C2=O)cc1. The Morgan fingerprint density at radius 3 is 1.82 bits per heavy atom. The van der Waals surface area contributed by atoms with Crippen molar-refractivity contribution in [1.82, 2.24) is 14.3 Å². The Morgan fingerprint density at radius 1 is 0.821 bits per heavy atom. The molecule has 3 rings (SSSR count). The summed E-state index contributed by atoms with van der Waals surface area (Å²) in [6.45, 7) is 2.23. The number of hydrogen-bond acceptors (Lipinski definition) is 9.